The van der Waals surface area contributed by atoms with Crippen LogP contribution in [0.3, 0.4) is 0 Å². The van der Waals surface area contributed by atoms with Crippen molar-refractivity contribution in [1.82, 2.24) is 0 Å². The standard InChI is InChI=1S/C42H66O4Si2/c1-29(2)23-47(24-30(3)4,25-31(5)6)45-39-22-38(42(43)44-36-19-15-14-16-20-36)41(37-21-17-18-35(13)40(37)39)46-48(26-32(7)8,27-33(9)10)28-34(11)12/h14-22,29-34H,23-28H2,1-13H3. The first-order valence-electron chi connectivity index (χ1n) is 18.7. The largest absolute Gasteiger partial charge is 0.543 e. The highest BCUT2D eigenvalue weighted by Crippen LogP contribution is 2.45. The van der Waals surface area contributed by atoms with Gasteiger partial charge in [-0.1, -0.05) is 119 Å². The Kier molecular flexibility index (Phi) is 14.4. The minimum atomic E-state index is -2.40. The van der Waals surface area contributed by atoms with E-state index in [9.17, 15) is 4.79 Å². The topological polar surface area (TPSA) is 44.8 Å². The van der Waals surface area contributed by atoms with Crippen molar-refractivity contribution in [2.24, 2.45) is 35.5 Å². The van der Waals surface area contributed by atoms with E-state index in [-0.39, 0.29) is 0 Å². The van der Waals surface area contributed by atoms with Gasteiger partial charge in [-0.2, -0.15) is 0 Å². The fourth-order valence-electron chi connectivity index (χ4n) is 8.25. The number of esters is 1. The third-order valence-corrected chi connectivity index (χ3v) is 19.4. The lowest BCUT2D eigenvalue weighted by Crippen LogP contribution is -2.46. The van der Waals surface area contributed by atoms with Gasteiger partial charge in [-0.3, -0.25) is 0 Å². The zero-order chi connectivity index (χ0) is 35.8. The summed E-state index contributed by atoms with van der Waals surface area (Å²) in [6, 6.07) is 24.1. The number of rotatable bonds is 18. The first kappa shape index (κ1) is 39.9. The Bertz CT molecular complexity index is 1410. The van der Waals surface area contributed by atoms with Gasteiger partial charge in [-0.25, -0.2) is 4.79 Å². The van der Waals surface area contributed by atoms with Crippen molar-refractivity contribution in [1.29, 1.82) is 0 Å². The van der Waals surface area contributed by atoms with E-state index >= 15 is 0 Å². The second-order valence-corrected chi connectivity index (χ2v) is 24.7. The number of aryl methyl sites for hydroxylation is 1. The van der Waals surface area contributed by atoms with Gasteiger partial charge in [0.05, 0.1) is 0 Å². The molecule has 48 heavy (non-hydrogen) atoms. The summed E-state index contributed by atoms with van der Waals surface area (Å²) in [6.45, 7) is 29.9. The zero-order valence-corrected chi connectivity index (χ0v) is 34.5. The number of carbonyl (C=O) groups is 1. The summed E-state index contributed by atoms with van der Waals surface area (Å²) in [6.07, 6.45) is 0. The monoisotopic (exact) mass is 690 g/mol. The Hall–Kier alpha value is -2.58. The quantitative estimate of drug-likeness (QED) is 0.0757. The van der Waals surface area contributed by atoms with Crippen LogP contribution >= 0.6 is 0 Å². The Morgan fingerprint density at radius 3 is 1.46 bits per heavy atom. The molecule has 0 aliphatic heterocycles. The van der Waals surface area contributed by atoms with Crippen LogP contribution in [0.15, 0.2) is 54.6 Å². The highest BCUT2D eigenvalue weighted by atomic mass is 28.4. The first-order chi connectivity index (χ1) is 22.4. The van der Waals surface area contributed by atoms with Crippen LogP contribution in [-0.2, 0) is 0 Å². The molecule has 0 aliphatic carbocycles. The summed E-state index contributed by atoms with van der Waals surface area (Å²) in [5, 5.41) is 2.03. The summed E-state index contributed by atoms with van der Waals surface area (Å²) >= 11 is 0. The number of fused-ring (bicyclic) bond motifs is 1. The van der Waals surface area contributed by atoms with Gasteiger partial charge >= 0.3 is 5.97 Å². The molecule has 0 aromatic heterocycles. The molecule has 3 rings (SSSR count). The molecule has 0 spiro atoms. The Morgan fingerprint density at radius 2 is 1.02 bits per heavy atom. The predicted octanol–water partition coefficient (Wildman–Crippen LogP) is 13.0. The molecule has 0 bridgehead atoms. The maximum absolute atomic E-state index is 14.4. The fourth-order valence-corrected chi connectivity index (χ4v) is 20.0. The van der Waals surface area contributed by atoms with Crippen molar-refractivity contribution >= 4 is 33.4 Å². The molecule has 0 atom stereocenters. The SMILES string of the molecule is Cc1cccc2c(O[Si](CC(C)C)(CC(C)C)CC(C)C)c(C(=O)Oc3ccccc3)cc(O[Si](CC(C)C)(CC(C)C)CC(C)C)c12. The molecule has 0 fully saturated rings. The van der Waals surface area contributed by atoms with Crippen molar-refractivity contribution in [3.05, 3.63) is 65.7 Å². The second-order valence-electron chi connectivity index (χ2n) is 17.1. The second kappa shape index (κ2) is 17.4. The summed E-state index contributed by atoms with van der Waals surface area (Å²) in [5.41, 5.74) is 1.61. The van der Waals surface area contributed by atoms with E-state index in [1.54, 1.807) is 0 Å². The summed E-state index contributed by atoms with van der Waals surface area (Å²) in [7, 11) is -4.71. The number of para-hydroxylation sites is 1. The molecular formula is C42H66O4Si2. The van der Waals surface area contributed by atoms with Crippen LogP contribution in [0.2, 0.25) is 36.3 Å². The van der Waals surface area contributed by atoms with Gasteiger partial charge in [-0.15, -0.1) is 0 Å². The summed E-state index contributed by atoms with van der Waals surface area (Å²) in [4.78, 5) is 14.4. The zero-order valence-electron chi connectivity index (χ0n) is 32.5. The lowest BCUT2D eigenvalue weighted by molar-refractivity contribution is 0.0732. The van der Waals surface area contributed by atoms with Gasteiger partial charge in [0.15, 0.2) is 0 Å². The third-order valence-electron chi connectivity index (χ3n) is 8.78. The third kappa shape index (κ3) is 11.2. The molecule has 3 aromatic carbocycles. The van der Waals surface area contributed by atoms with Crippen LogP contribution in [0.4, 0.5) is 0 Å². The van der Waals surface area contributed by atoms with Gasteiger partial charge < -0.3 is 13.6 Å². The maximum Gasteiger partial charge on any atom is 0.347 e. The molecule has 0 saturated carbocycles. The molecule has 0 N–H and O–H groups in total. The molecule has 3 aromatic rings. The van der Waals surface area contributed by atoms with Crippen LogP contribution in [0.25, 0.3) is 10.8 Å². The van der Waals surface area contributed by atoms with E-state index in [0.717, 1.165) is 58.3 Å². The van der Waals surface area contributed by atoms with Crippen molar-refractivity contribution < 1.29 is 18.4 Å². The van der Waals surface area contributed by atoms with Gasteiger partial charge in [0.1, 0.15) is 22.8 Å². The highest BCUT2D eigenvalue weighted by Gasteiger charge is 2.43. The Labute approximate surface area is 295 Å². The van der Waals surface area contributed by atoms with E-state index < -0.39 is 22.6 Å². The molecule has 0 radical (unpaired) electrons. The Balaban J connectivity index is 2.41. The van der Waals surface area contributed by atoms with Crippen LogP contribution < -0.4 is 13.6 Å². The van der Waals surface area contributed by atoms with Gasteiger partial charge in [0.2, 0.25) is 0 Å². The summed E-state index contributed by atoms with van der Waals surface area (Å²) in [5.74, 6) is 4.63. The average Bonchev–Trinajstić information content (AvgIpc) is 2.92. The van der Waals surface area contributed by atoms with Crippen molar-refractivity contribution in [2.45, 2.75) is 126 Å². The van der Waals surface area contributed by atoms with Crippen LogP contribution in [0.1, 0.15) is 99.0 Å². The minimum absolute atomic E-state index is 0.394. The van der Waals surface area contributed by atoms with E-state index in [1.807, 2.05) is 36.4 Å². The normalized spacial score (nSPS) is 12.7. The van der Waals surface area contributed by atoms with Crippen LogP contribution in [0, 0.1) is 42.4 Å². The maximum atomic E-state index is 14.4. The fraction of sp³-hybridized carbons (Fsp3) is 0.595. The minimum Gasteiger partial charge on any atom is -0.543 e. The van der Waals surface area contributed by atoms with Crippen molar-refractivity contribution in [2.75, 3.05) is 0 Å². The molecule has 0 aliphatic rings. The molecule has 4 nitrogen and oxygen atoms in total. The van der Waals surface area contributed by atoms with Gasteiger partial charge in [-0.05, 0) is 102 Å². The molecule has 0 saturated heterocycles. The number of ether oxygens (including phenoxy) is 1. The number of hydrogen-bond acceptors (Lipinski definition) is 4. The molecule has 0 unspecified atom stereocenters. The van der Waals surface area contributed by atoms with E-state index in [1.165, 1.54) is 0 Å². The lowest BCUT2D eigenvalue weighted by Gasteiger charge is -2.39. The summed E-state index contributed by atoms with van der Waals surface area (Å²) < 4.78 is 21.2. The van der Waals surface area contributed by atoms with E-state index in [0.29, 0.717) is 52.6 Å². The van der Waals surface area contributed by atoms with Crippen molar-refractivity contribution in [3.8, 4) is 17.2 Å². The molecule has 0 heterocycles. The Morgan fingerprint density at radius 1 is 0.583 bits per heavy atom. The highest BCUT2D eigenvalue weighted by molar-refractivity contribution is 6.75. The van der Waals surface area contributed by atoms with E-state index in [4.69, 9.17) is 13.6 Å². The molecule has 266 valence electrons. The number of benzene rings is 3. The van der Waals surface area contributed by atoms with Crippen LogP contribution in [-0.4, -0.2) is 22.6 Å². The average molecular weight is 691 g/mol. The van der Waals surface area contributed by atoms with Crippen molar-refractivity contribution in [3.63, 3.8) is 0 Å². The number of carbonyl (C=O) groups excluding carboxylic acids is 1. The lowest BCUT2D eigenvalue weighted by atomic mass is 10.0. The van der Waals surface area contributed by atoms with Gasteiger partial charge in [0.25, 0.3) is 16.6 Å². The number of hydrogen-bond donors (Lipinski definition) is 0. The van der Waals surface area contributed by atoms with Crippen LogP contribution in [0.5, 0.6) is 17.2 Å². The molecule has 6 heteroatoms. The molecule has 0 amide bonds. The van der Waals surface area contributed by atoms with E-state index in [2.05, 4.69) is 108 Å². The molecular weight excluding hydrogens is 625 g/mol. The smallest absolute Gasteiger partial charge is 0.347 e. The van der Waals surface area contributed by atoms with Gasteiger partial charge in [0, 0.05) is 10.8 Å². The predicted molar refractivity (Wildman–Crippen MR) is 211 cm³/mol. The first-order valence-corrected chi connectivity index (χ1v) is 23.7.